The minimum atomic E-state index is 0.166. The SMILES string of the molecule is N#CCCCCCC(C#N)CCCCCC#N. The predicted molar refractivity (Wildman–Crippen MR) is 66.5 cm³/mol. The van der Waals surface area contributed by atoms with Crippen molar-refractivity contribution in [2.45, 2.75) is 64.2 Å². The molecule has 0 radical (unpaired) electrons. The van der Waals surface area contributed by atoms with E-state index in [2.05, 4.69) is 18.2 Å². The fourth-order valence-corrected chi connectivity index (χ4v) is 1.82. The average molecular weight is 231 g/mol. The van der Waals surface area contributed by atoms with Gasteiger partial charge in [-0.2, -0.15) is 15.8 Å². The molecule has 0 N–H and O–H groups in total. The molecular weight excluding hydrogens is 210 g/mol. The van der Waals surface area contributed by atoms with Gasteiger partial charge in [-0.15, -0.1) is 0 Å². The van der Waals surface area contributed by atoms with Crippen LogP contribution in [0.3, 0.4) is 0 Å². The quantitative estimate of drug-likeness (QED) is 0.532. The average Bonchev–Trinajstić information content (AvgIpc) is 2.36. The summed E-state index contributed by atoms with van der Waals surface area (Å²) in [5.41, 5.74) is 0. The van der Waals surface area contributed by atoms with Crippen molar-refractivity contribution in [3.05, 3.63) is 0 Å². The highest BCUT2D eigenvalue weighted by atomic mass is 14.3. The molecule has 0 aromatic carbocycles. The van der Waals surface area contributed by atoms with E-state index < -0.39 is 0 Å². The van der Waals surface area contributed by atoms with Crippen LogP contribution in [0, 0.1) is 39.9 Å². The van der Waals surface area contributed by atoms with Gasteiger partial charge in [-0.1, -0.05) is 25.7 Å². The van der Waals surface area contributed by atoms with E-state index >= 15 is 0 Å². The zero-order chi connectivity index (χ0) is 12.8. The van der Waals surface area contributed by atoms with Gasteiger partial charge in [0.25, 0.3) is 0 Å². The highest BCUT2D eigenvalue weighted by Crippen LogP contribution is 2.17. The van der Waals surface area contributed by atoms with Crippen LogP contribution in [0.5, 0.6) is 0 Å². The lowest BCUT2D eigenvalue weighted by atomic mass is 9.96. The van der Waals surface area contributed by atoms with Gasteiger partial charge in [0, 0.05) is 18.8 Å². The van der Waals surface area contributed by atoms with Gasteiger partial charge in [-0.25, -0.2) is 0 Å². The molecule has 0 aliphatic carbocycles. The van der Waals surface area contributed by atoms with Crippen LogP contribution in [0.4, 0.5) is 0 Å². The normalized spacial score (nSPS) is 9.53. The van der Waals surface area contributed by atoms with E-state index in [1.165, 1.54) is 0 Å². The Kier molecular flexibility index (Phi) is 11.4. The number of nitrogens with zero attached hydrogens (tertiary/aromatic N) is 3. The summed E-state index contributed by atoms with van der Waals surface area (Å²) in [6, 6.07) is 6.62. The van der Waals surface area contributed by atoms with Crippen LogP contribution in [0.1, 0.15) is 64.2 Å². The van der Waals surface area contributed by atoms with Crippen molar-refractivity contribution in [1.29, 1.82) is 15.8 Å². The Morgan fingerprint density at radius 1 is 0.647 bits per heavy atom. The third-order valence-corrected chi connectivity index (χ3v) is 2.86. The van der Waals surface area contributed by atoms with E-state index in [0.29, 0.717) is 12.8 Å². The molecule has 0 fully saturated rings. The summed E-state index contributed by atoms with van der Waals surface area (Å²) in [4.78, 5) is 0. The molecule has 0 spiro atoms. The summed E-state index contributed by atoms with van der Waals surface area (Å²) >= 11 is 0. The largest absolute Gasteiger partial charge is 0.198 e. The fourth-order valence-electron chi connectivity index (χ4n) is 1.82. The summed E-state index contributed by atoms with van der Waals surface area (Å²) in [5.74, 6) is 0.166. The topological polar surface area (TPSA) is 71.4 Å². The summed E-state index contributed by atoms with van der Waals surface area (Å²) in [6.45, 7) is 0. The summed E-state index contributed by atoms with van der Waals surface area (Å²) in [5, 5.41) is 25.7. The van der Waals surface area contributed by atoms with Crippen LogP contribution in [-0.4, -0.2) is 0 Å². The van der Waals surface area contributed by atoms with E-state index in [-0.39, 0.29) is 5.92 Å². The molecule has 0 atom stereocenters. The third-order valence-electron chi connectivity index (χ3n) is 2.86. The minimum absolute atomic E-state index is 0.166. The van der Waals surface area contributed by atoms with E-state index in [9.17, 15) is 0 Å². The summed E-state index contributed by atoms with van der Waals surface area (Å²) in [6.07, 6.45) is 9.31. The van der Waals surface area contributed by atoms with Crippen LogP contribution >= 0.6 is 0 Å². The summed E-state index contributed by atoms with van der Waals surface area (Å²) < 4.78 is 0. The predicted octanol–water partition coefficient (Wildman–Crippen LogP) is 4.07. The first kappa shape index (κ1) is 15.5. The maximum Gasteiger partial charge on any atom is 0.0655 e. The molecule has 0 aromatic rings. The van der Waals surface area contributed by atoms with Crippen LogP contribution in [0.25, 0.3) is 0 Å². The molecule has 0 saturated carbocycles. The summed E-state index contributed by atoms with van der Waals surface area (Å²) in [7, 11) is 0. The zero-order valence-electron chi connectivity index (χ0n) is 10.5. The van der Waals surface area contributed by atoms with Crippen LogP contribution in [0.2, 0.25) is 0 Å². The molecule has 0 bridgehead atoms. The Hall–Kier alpha value is -1.53. The Morgan fingerprint density at radius 3 is 1.47 bits per heavy atom. The van der Waals surface area contributed by atoms with Gasteiger partial charge in [-0.05, 0) is 25.7 Å². The van der Waals surface area contributed by atoms with Crippen molar-refractivity contribution >= 4 is 0 Å². The lowest BCUT2D eigenvalue weighted by molar-refractivity contribution is 0.485. The molecule has 0 aliphatic rings. The second-order valence-corrected chi connectivity index (χ2v) is 4.34. The molecule has 0 unspecified atom stereocenters. The zero-order valence-corrected chi connectivity index (χ0v) is 10.5. The Balaban J connectivity index is 3.41. The van der Waals surface area contributed by atoms with E-state index in [1.54, 1.807) is 0 Å². The number of nitriles is 3. The standard InChI is InChI=1S/C14H21N3/c15-11-7-3-1-5-9-14(13-17)10-6-2-4-8-12-16/h14H,1-10H2. The number of hydrogen-bond donors (Lipinski definition) is 0. The van der Waals surface area contributed by atoms with Crippen molar-refractivity contribution < 1.29 is 0 Å². The molecule has 3 nitrogen and oxygen atoms in total. The van der Waals surface area contributed by atoms with E-state index in [0.717, 1.165) is 51.4 Å². The van der Waals surface area contributed by atoms with Crippen molar-refractivity contribution in [3.8, 4) is 18.2 Å². The molecule has 92 valence electrons. The molecule has 0 aliphatic heterocycles. The van der Waals surface area contributed by atoms with Gasteiger partial charge in [0.05, 0.1) is 18.2 Å². The molecule has 0 rings (SSSR count). The lowest BCUT2D eigenvalue weighted by Crippen LogP contribution is -1.97. The molecule has 3 heteroatoms. The van der Waals surface area contributed by atoms with Crippen LogP contribution in [-0.2, 0) is 0 Å². The molecule has 0 amide bonds. The fraction of sp³-hybridized carbons (Fsp3) is 0.786. The Morgan fingerprint density at radius 2 is 1.12 bits per heavy atom. The van der Waals surface area contributed by atoms with Gasteiger partial charge >= 0.3 is 0 Å². The molecular formula is C14H21N3. The van der Waals surface area contributed by atoms with Crippen LogP contribution in [0.15, 0.2) is 0 Å². The second kappa shape index (κ2) is 12.5. The molecule has 0 heterocycles. The van der Waals surface area contributed by atoms with Crippen molar-refractivity contribution in [2.75, 3.05) is 0 Å². The number of unbranched alkanes of at least 4 members (excludes halogenated alkanes) is 6. The first-order valence-electron chi connectivity index (χ1n) is 6.48. The smallest absolute Gasteiger partial charge is 0.0655 e. The Bertz CT molecular complexity index is 266. The molecule has 0 saturated heterocycles. The first-order chi connectivity index (χ1) is 8.35. The molecule has 0 aromatic heterocycles. The van der Waals surface area contributed by atoms with Gasteiger partial charge in [-0.3, -0.25) is 0 Å². The highest BCUT2D eigenvalue weighted by Gasteiger charge is 2.06. The first-order valence-corrected chi connectivity index (χ1v) is 6.48. The number of hydrogen-bond acceptors (Lipinski definition) is 3. The maximum absolute atomic E-state index is 8.98. The monoisotopic (exact) mass is 231 g/mol. The van der Waals surface area contributed by atoms with Gasteiger partial charge < -0.3 is 0 Å². The second-order valence-electron chi connectivity index (χ2n) is 4.34. The molecule has 17 heavy (non-hydrogen) atoms. The highest BCUT2D eigenvalue weighted by molar-refractivity contribution is 4.82. The van der Waals surface area contributed by atoms with Gasteiger partial charge in [0.2, 0.25) is 0 Å². The third kappa shape index (κ3) is 10.7. The Labute approximate surface area is 105 Å². The maximum atomic E-state index is 8.98. The van der Waals surface area contributed by atoms with E-state index in [4.69, 9.17) is 15.8 Å². The van der Waals surface area contributed by atoms with Gasteiger partial charge in [0.15, 0.2) is 0 Å². The minimum Gasteiger partial charge on any atom is -0.198 e. The van der Waals surface area contributed by atoms with Crippen molar-refractivity contribution in [1.82, 2.24) is 0 Å². The number of rotatable bonds is 10. The lowest BCUT2D eigenvalue weighted by Gasteiger charge is -2.07. The van der Waals surface area contributed by atoms with Crippen molar-refractivity contribution in [2.24, 2.45) is 5.92 Å². The van der Waals surface area contributed by atoms with E-state index in [1.807, 2.05) is 0 Å². The van der Waals surface area contributed by atoms with Gasteiger partial charge in [0.1, 0.15) is 0 Å². The van der Waals surface area contributed by atoms with Crippen molar-refractivity contribution in [3.63, 3.8) is 0 Å². The van der Waals surface area contributed by atoms with Crippen LogP contribution < -0.4 is 0 Å².